The second kappa shape index (κ2) is 7.32. The zero-order valence-electron chi connectivity index (χ0n) is 17.8. The molecule has 3 aromatic carbocycles. The van der Waals surface area contributed by atoms with Crippen molar-refractivity contribution in [2.24, 2.45) is 10.8 Å². The number of H-pyrrole nitrogens is 1. The van der Waals surface area contributed by atoms with Crippen LogP contribution in [0.2, 0.25) is 0 Å². The molecule has 2 unspecified atom stereocenters. The van der Waals surface area contributed by atoms with E-state index in [1.54, 1.807) is 30.1 Å². The highest BCUT2D eigenvalue weighted by atomic mass is 16.3. The van der Waals surface area contributed by atoms with Gasteiger partial charge >= 0.3 is 0 Å². The number of aliphatic hydroxyl groups is 1. The first kappa shape index (κ1) is 20.0. The van der Waals surface area contributed by atoms with Crippen LogP contribution < -0.4 is 5.73 Å². The second-order valence-corrected chi connectivity index (χ2v) is 8.23. The lowest BCUT2D eigenvalue weighted by Gasteiger charge is -2.28. The molecule has 0 fully saturated rings. The number of benzene rings is 3. The summed E-state index contributed by atoms with van der Waals surface area (Å²) in [5.41, 5.74) is 9.51. The third-order valence-corrected chi connectivity index (χ3v) is 5.95. The van der Waals surface area contributed by atoms with Gasteiger partial charge in [0.25, 0.3) is 0 Å². The van der Waals surface area contributed by atoms with Crippen molar-refractivity contribution >= 4 is 22.7 Å². The van der Waals surface area contributed by atoms with Crippen molar-refractivity contribution in [1.82, 2.24) is 15.0 Å². The molecule has 1 amide bonds. The van der Waals surface area contributed by atoms with Gasteiger partial charge in [0.15, 0.2) is 0 Å². The number of aromatic amines is 1. The molecule has 7 heteroatoms. The Bertz CT molecular complexity index is 1340. The number of imidazole rings is 1. The van der Waals surface area contributed by atoms with Crippen molar-refractivity contribution in [3.8, 4) is 11.1 Å². The number of nitrogens with two attached hydrogens (primary N) is 1. The number of hydrazone groups is 1. The van der Waals surface area contributed by atoms with Gasteiger partial charge in [-0.25, -0.2) is 4.98 Å². The minimum absolute atomic E-state index is 0.398. The molecule has 0 spiro atoms. The Kier molecular flexibility index (Phi) is 4.56. The number of likely N-dealkylation sites (N-methyl/N-ethyl adjacent to an activating group) is 1. The maximum atomic E-state index is 11.5. The predicted octanol–water partition coefficient (Wildman–Crippen LogP) is 3.47. The molecule has 5 rings (SSSR count). The first-order valence-electron chi connectivity index (χ1n) is 10.3. The SMILES string of the molecule is CN1N=C(c2ccc(-c3ccccc3)cc2)C(C)(O)C1c1nc2ccc(C(N)=O)cc2[nH]1. The van der Waals surface area contributed by atoms with Crippen molar-refractivity contribution in [1.29, 1.82) is 0 Å². The molecule has 2 heterocycles. The molecule has 4 N–H and O–H groups in total. The molecule has 0 saturated carbocycles. The number of carbonyl (C=O) groups excluding carboxylic acids is 1. The van der Waals surface area contributed by atoms with E-state index in [-0.39, 0.29) is 0 Å². The molecule has 32 heavy (non-hydrogen) atoms. The Hall–Kier alpha value is -3.97. The quantitative estimate of drug-likeness (QED) is 0.465. The number of hydrogen-bond acceptors (Lipinski definition) is 5. The number of hydrogen-bond donors (Lipinski definition) is 3. The maximum absolute atomic E-state index is 11.5. The average molecular weight is 425 g/mol. The first-order chi connectivity index (χ1) is 15.3. The third-order valence-electron chi connectivity index (χ3n) is 5.95. The van der Waals surface area contributed by atoms with E-state index in [0.29, 0.717) is 28.1 Å². The fourth-order valence-electron chi connectivity index (χ4n) is 4.37. The van der Waals surface area contributed by atoms with Crippen LogP contribution in [0.1, 0.15) is 34.7 Å². The second-order valence-electron chi connectivity index (χ2n) is 8.23. The number of aromatic nitrogens is 2. The molecule has 0 radical (unpaired) electrons. The van der Waals surface area contributed by atoms with Crippen molar-refractivity contribution in [2.45, 2.75) is 18.6 Å². The van der Waals surface area contributed by atoms with Gasteiger partial charge in [0.1, 0.15) is 23.2 Å². The number of nitrogens with one attached hydrogen (secondary N) is 1. The highest BCUT2D eigenvalue weighted by molar-refractivity contribution is 6.08. The molecule has 1 aliphatic heterocycles. The Morgan fingerprint density at radius 3 is 2.38 bits per heavy atom. The smallest absolute Gasteiger partial charge is 0.248 e. The van der Waals surface area contributed by atoms with Gasteiger partial charge in [-0.1, -0.05) is 54.6 Å². The molecular formula is C25H23N5O2. The van der Waals surface area contributed by atoms with Gasteiger partial charge in [0.2, 0.25) is 5.91 Å². The van der Waals surface area contributed by atoms with Crippen LogP contribution in [0.5, 0.6) is 0 Å². The Morgan fingerprint density at radius 2 is 1.69 bits per heavy atom. The third kappa shape index (κ3) is 3.23. The van der Waals surface area contributed by atoms with Crippen LogP contribution in [-0.2, 0) is 0 Å². The van der Waals surface area contributed by atoms with Gasteiger partial charge in [-0.2, -0.15) is 5.10 Å². The molecule has 160 valence electrons. The Balaban J connectivity index is 1.48. The number of rotatable bonds is 4. The van der Waals surface area contributed by atoms with E-state index in [0.717, 1.165) is 16.7 Å². The first-order valence-corrected chi connectivity index (χ1v) is 10.3. The molecule has 1 aliphatic rings. The van der Waals surface area contributed by atoms with E-state index in [1.165, 1.54) is 0 Å². The summed E-state index contributed by atoms with van der Waals surface area (Å²) in [6, 6.07) is 22.7. The molecule has 7 nitrogen and oxygen atoms in total. The summed E-state index contributed by atoms with van der Waals surface area (Å²) in [5.74, 6) is 0.0615. The van der Waals surface area contributed by atoms with Crippen LogP contribution in [0.4, 0.5) is 0 Å². The summed E-state index contributed by atoms with van der Waals surface area (Å²) in [7, 11) is 1.81. The summed E-state index contributed by atoms with van der Waals surface area (Å²) < 4.78 is 0. The fourth-order valence-corrected chi connectivity index (χ4v) is 4.37. The normalized spacial score (nSPS) is 20.5. The minimum atomic E-state index is -1.29. The molecule has 0 bridgehead atoms. The molecule has 2 atom stereocenters. The summed E-state index contributed by atoms with van der Waals surface area (Å²) in [4.78, 5) is 19.4. The van der Waals surface area contributed by atoms with Crippen LogP contribution in [0, 0.1) is 0 Å². The largest absolute Gasteiger partial charge is 0.381 e. The van der Waals surface area contributed by atoms with Gasteiger partial charge in [-0.3, -0.25) is 9.80 Å². The predicted molar refractivity (Wildman–Crippen MR) is 124 cm³/mol. The Labute approximate surface area is 185 Å². The maximum Gasteiger partial charge on any atom is 0.248 e. The van der Waals surface area contributed by atoms with E-state index >= 15 is 0 Å². The van der Waals surface area contributed by atoms with Gasteiger partial charge < -0.3 is 15.8 Å². The zero-order chi connectivity index (χ0) is 22.5. The van der Waals surface area contributed by atoms with E-state index in [4.69, 9.17) is 5.73 Å². The van der Waals surface area contributed by atoms with Crippen LogP contribution in [0.15, 0.2) is 77.9 Å². The van der Waals surface area contributed by atoms with Crippen LogP contribution in [0.3, 0.4) is 0 Å². The van der Waals surface area contributed by atoms with Gasteiger partial charge in [-0.05, 0) is 36.2 Å². The molecule has 4 aromatic rings. The van der Waals surface area contributed by atoms with Crippen molar-refractivity contribution in [2.75, 3.05) is 7.05 Å². The highest BCUT2D eigenvalue weighted by Crippen LogP contribution is 2.39. The van der Waals surface area contributed by atoms with Gasteiger partial charge in [-0.15, -0.1) is 0 Å². The minimum Gasteiger partial charge on any atom is -0.381 e. The van der Waals surface area contributed by atoms with Gasteiger partial charge in [0, 0.05) is 18.2 Å². The van der Waals surface area contributed by atoms with E-state index in [1.807, 2.05) is 49.5 Å². The fraction of sp³-hybridized carbons (Fsp3) is 0.160. The number of primary amides is 1. The van der Waals surface area contributed by atoms with Crippen molar-refractivity contribution in [3.63, 3.8) is 0 Å². The number of fused-ring (bicyclic) bond motifs is 1. The van der Waals surface area contributed by atoms with Gasteiger partial charge in [0.05, 0.1) is 11.0 Å². The van der Waals surface area contributed by atoms with Crippen molar-refractivity contribution in [3.05, 3.63) is 89.7 Å². The topological polar surface area (TPSA) is 108 Å². The monoisotopic (exact) mass is 425 g/mol. The Morgan fingerprint density at radius 1 is 1.03 bits per heavy atom. The lowest BCUT2D eigenvalue weighted by Crippen LogP contribution is -2.41. The molecule has 0 aliphatic carbocycles. The summed E-state index contributed by atoms with van der Waals surface area (Å²) in [5, 5.41) is 17.9. The van der Waals surface area contributed by atoms with Crippen LogP contribution in [0.25, 0.3) is 22.2 Å². The van der Waals surface area contributed by atoms with Crippen LogP contribution in [-0.4, -0.2) is 44.4 Å². The van der Waals surface area contributed by atoms with E-state index < -0.39 is 17.6 Å². The molecule has 1 aromatic heterocycles. The number of nitrogens with zero attached hydrogens (tertiary/aromatic N) is 3. The van der Waals surface area contributed by atoms with E-state index in [2.05, 4.69) is 27.2 Å². The number of carbonyl (C=O) groups is 1. The summed E-state index contributed by atoms with van der Waals surface area (Å²) in [6.45, 7) is 1.74. The summed E-state index contributed by atoms with van der Waals surface area (Å²) >= 11 is 0. The van der Waals surface area contributed by atoms with Crippen molar-refractivity contribution < 1.29 is 9.90 Å². The molecular weight excluding hydrogens is 402 g/mol. The average Bonchev–Trinajstić information content (AvgIpc) is 3.30. The number of amides is 1. The lowest BCUT2D eigenvalue weighted by atomic mass is 9.87. The lowest BCUT2D eigenvalue weighted by molar-refractivity contribution is 0.0507. The summed E-state index contributed by atoms with van der Waals surface area (Å²) in [6.07, 6.45) is 0. The highest BCUT2D eigenvalue weighted by Gasteiger charge is 2.48. The standard InChI is InChI=1S/C25H23N5O2/c1-25(32)21(17-10-8-16(9-11-17)15-6-4-3-5-7-15)29-30(2)22(25)24-27-19-13-12-18(23(26)31)14-20(19)28-24/h3-14,22,32H,1-2H3,(H2,26,31)(H,27,28). The zero-order valence-corrected chi connectivity index (χ0v) is 17.8. The molecule has 0 saturated heterocycles. The van der Waals surface area contributed by atoms with E-state index in [9.17, 15) is 9.90 Å². The van der Waals surface area contributed by atoms with Crippen LogP contribution >= 0.6 is 0 Å².